The van der Waals surface area contributed by atoms with E-state index in [4.69, 9.17) is 10.6 Å². The highest BCUT2D eigenvalue weighted by atomic mass is 16.8. The molecule has 10 nitrogen and oxygen atoms in total. The van der Waals surface area contributed by atoms with Crippen molar-refractivity contribution in [2.24, 2.45) is 5.90 Å². The fourth-order valence-corrected chi connectivity index (χ4v) is 1.70. The molecule has 0 spiro atoms. The Balaban J connectivity index is 2.37. The standard InChI is InChI=1S/C11H21N5O5/c1-10(2,3)20-9(17)13-5-4-7-15-8-6-14-11(15,21-12)16(18)19/h6,8,14H,4-5,7,12H2,1-3H3,(H,13,17). The number of hydrogen-bond donors (Lipinski definition) is 3. The van der Waals surface area contributed by atoms with Crippen LogP contribution >= 0.6 is 0 Å². The smallest absolute Gasteiger partial charge is 0.444 e. The van der Waals surface area contributed by atoms with Gasteiger partial charge in [-0.15, -0.1) is 0 Å². The minimum absolute atomic E-state index is 0.261. The highest BCUT2D eigenvalue weighted by molar-refractivity contribution is 5.67. The number of carbonyl (C=O) groups is 1. The fraction of sp³-hybridized carbons (Fsp3) is 0.727. The Morgan fingerprint density at radius 2 is 2.24 bits per heavy atom. The second-order valence-electron chi connectivity index (χ2n) is 5.42. The van der Waals surface area contributed by atoms with Crippen LogP contribution in [0.25, 0.3) is 0 Å². The van der Waals surface area contributed by atoms with Crippen molar-refractivity contribution in [1.29, 1.82) is 0 Å². The molecule has 0 radical (unpaired) electrons. The Hall–Kier alpha value is -2.07. The Bertz CT molecular complexity index is 422. The van der Waals surface area contributed by atoms with Gasteiger partial charge in [-0.25, -0.2) is 10.7 Å². The largest absolute Gasteiger partial charge is 0.513 e. The first-order valence-electron chi connectivity index (χ1n) is 6.41. The van der Waals surface area contributed by atoms with Crippen molar-refractivity contribution in [3.63, 3.8) is 0 Å². The first-order valence-corrected chi connectivity index (χ1v) is 6.41. The van der Waals surface area contributed by atoms with Crippen LogP contribution in [0.2, 0.25) is 0 Å². The maximum Gasteiger partial charge on any atom is 0.513 e. The summed E-state index contributed by atoms with van der Waals surface area (Å²) in [5.74, 6) is 3.01. The molecule has 21 heavy (non-hydrogen) atoms. The van der Waals surface area contributed by atoms with Gasteiger partial charge in [0, 0.05) is 25.5 Å². The molecule has 0 saturated carbocycles. The molecule has 1 heterocycles. The van der Waals surface area contributed by atoms with E-state index in [-0.39, 0.29) is 6.54 Å². The minimum Gasteiger partial charge on any atom is -0.444 e. The van der Waals surface area contributed by atoms with Crippen LogP contribution < -0.4 is 16.5 Å². The summed E-state index contributed by atoms with van der Waals surface area (Å²) in [6.45, 7) is 5.85. The second-order valence-corrected chi connectivity index (χ2v) is 5.42. The van der Waals surface area contributed by atoms with E-state index in [9.17, 15) is 14.9 Å². The molecule has 1 amide bonds. The van der Waals surface area contributed by atoms with E-state index in [0.717, 1.165) is 0 Å². The van der Waals surface area contributed by atoms with E-state index >= 15 is 0 Å². The number of nitro groups is 1. The molecule has 1 unspecified atom stereocenters. The van der Waals surface area contributed by atoms with Gasteiger partial charge in [0.1, 0.15) is 10.5 Å². The minimum atomic E-state index is -1.99. The van der Waals surface area contributed by atoms with E-state index in [0.29, 0.717) is 13.0 Å². The van der Waals surface area contributed by atoms with Crippen LogP contribution in [0.3, 0.4) is 0 Å². The first kappa shape index (κ1) is 17.0. The van der Waals surface area contributed by atoms with Gasteiger partial charge in [-0.1, -0.05) is 0 Å². The average Bonchev–Trinajstić information content (AvgIpc) is 2.76. The summed E-state index contributed by atoms with van der Waals surface area (Å²) in [5, 5.41) is 16.0. The summed E-state index contributed by atoms with van der Waals surface area (Å²) in [7, 11) is 0. The number of carbonyl (C=O) groups excluding carboxylic acids is 1. The summed E-state index contributed by atoms with van der Waals surface area (Å²) in [6.07, 6.45) is 2.75. The molecular formula is C11H21N5O5. The predicted octanol–water partition coefficient (Wildman–Crippen LogP) is 0.0559. The van der Waals surface area contributed by atoms with Gasteiger partial charge in [0.2, 0.25) is 0 Å². The molecule has 10 heteroatoms. The molecule has 1 aliphatic heterocycles. The Kier molecular flexibility index (Phi) is 5.33. The third kappa shape index (κ3) is 4.46. The van der Waals surface area contributed by atoms with Crippen molar-refractivity contribution in [3.8, 4) is 0 Å². The fourth-order valence-electron chi connectivity index (χ4n) is 1.70. The van der Waals surface area contributed by atoms with Crippen molar-refractivity contribution in [1.82, 2.24) is 15.5 Å². The van der Waals surface area contributed by atoms with Crippen LogP contribution in [-0.2, 0) is 9.57 Å². The van der Waals surface area contributed by atoms with Gasteiger partial charge in [-0.2, -0.15) is 4.84 Å². The zero-order chi connectivity index (χ0) is 16.1. The summed E-state index contributed by atoms with van der Waals surface area (Å²) in [6, 6.07) is 0. The quantitative estimate of drug-likeness (QED) is 0.271. The Morgan fingerprint density at radius 3 is 2.76 bits per heavy atom. The summed E-state index contributed by atoms with van der Waals surface area (Å²) in [4.78, 5) is 27.5. The molecule has 0 aliphatic carbocycles. The lowest BCUT2D eigenvalue weighted by Gasteiger charge is -2.27. The number of nitrogens with two attached hydrogens (primary N) is 1. The number of alkyl carbamates (subject to hydrolysis) is 1. The van der Waals surface area contributed by atoms with Gasteiger partial charge >= 0.3 is 12.1 Å². The first-order chi connectivity index (χ1) is 9.71. The van der Waals surface area contributed by atoms with Crippen LogP contribution in [-0.4, -0.2) is 40.6 Å². The zero-order valence-electron chi connectivity index (χ0n) is 12.3. The highest BCUT2D eigenvalue weighted by Gasteiger charge is 2.52. The normalized spacial score (nSPS) is 21.0. The van der Waals surface area contributed by atoms with Crippen LogP contribution in [0.15, 0.2) is 12.4 Å². The predicted molar refractivity (Wildman–Crippen MR) is 72.8 cm³/mol. The molecule has 1 rings (SSSR count). The van der Waals surface area contributed by atoms with Crippen LogP contribution in [0, 0.1) is 10.1 Å². The number of hydrogen-bond acceptors (Lipinski definition) is 8. The SMILES string of the molecule is CC(C)(C)OC(=O)NCCCN1C=CNC1(ON)[N+](=O)[O-]. The molecule has 1 atom stereocenters. The summed E-state index contributed by atoms with van der Waals surface area (Å²) in [5.41, 5.74) is -0.570. The van der Waals surface area contributed by atoms with Gasteiger partial charge < -0.3 is 10.1 Å². The Labute approximate surface area is 122 Å². The van der Waals surface area contributed by atoms with Crippen LogP contribution in [0.5, 0.6) is 0 Å². The lowest BCUT2D eigenvalue weighted by molar-refractivity contribution is -0.665. The maximum atomic E-state index is 11.4. The van der Waals surface area contributed by atoms with E-state index in [1.165, 1.54) is 17.3 Å². The maximum absolute atomic E-state index is 11.4. The topological polar surface area (TPSA) is 132 Å². The van der Waals surface area contributed by atoms with Crippen molar-refractivity contribution in [2.75, 3.05) is 13.1 Å². The summed E-state index contributed by atoms with van der Waals surface area (Å²) >= 11 is 0. The molecule has 4 N–H and O–H groups in total. The lowest BCUT2D eigenvalue weighted by atomic mass is 10.2. The van der Waals surface area contributed by atoms with E-state index in [2.05, 4.69) is 15.5 Å². The van der Waals surface area contributed by atoms with Gasteiger partial charge in [0.15, 0.2) is 0 Å². The van der Waals surface area contributed by atoms with E-state index < -0.39 is 22.6 Å². The lowest BCUT2D eigenvalue weighted by Crippen LogP contribution is -2.61. The van der Waals surface area contributed by atoms with Crippen molar-refractivity contribution in [2.45, 2.75) is 38.8 Å². The van der Waals surface area contributed by atoms with Gasteiger partial charge in [0.25, 0.3) is 0 Å². The molecule has 0 aromatic carbocycles. The molecule has 0 saturated heterocycles. The number of nitrogens with one attached hydrogen (secondary N) is 2. The number of amides is 1. The van der Waals surface area contributed by atoms with E-state index in [1.54, 1.807) is 20.8 Å². The number of ether oxygens (including phenoxy) is 1. The highest BCUT2D eigenvalue weighted by Crippen LogP contribution is 2.19. The van der Waals surface area contributed by atoms with Gasteiger partial charge in [-0.3, -0.25) is 20.3 Å². The van der Waals surface area contributed by atoms with Crippen LogP contribution in [0.1, 0.15) is 27.2 Å². The molecular weight excluding hydrogens is 282 g/mol. The molecule has 0 aromatic rings. The summed E-state index contributed by atoms with van der Waals surface area (Å²) < 4.78 is 5.07. The third-order valence-electron chi connectivity index (χ3n) is 2.57. The van der Waals surface area contributed by atoms with Gasteiger partial charge in [0.05, 0.1) is 0 Å². The molecule has 0 fully saturated rings. The van der Waals surface area contributed by atoms with E-state index in [1.807, 2.05) is 0 Å². The van der Waals surface area contributed by atoms with Crippen molar-refractivity contribution >= 4 is 6.09 Å². The zero-order valence-corrected chi connectivity index (χ0v) is 12.3. The third-order valence-corrected chi connectivity index (χ3v) is 2.57. The molecule has 1 aliphatic rings. The number of nitrogens with zero attached hydrogens (tertiary/aromatic N) is 2. The average molecular weight is 303 g/mol. The monoisotopic (exact) mass is 303 g/mol. The number of rotatable bonds is 6. The molecule has 0 bridgehead atoms. The van der Waals surface area contributed by atoms with Crippen LogP contribution in [0.4, 0.5) is 4.79 Å². The van der Waals surface area contributed by atoms with Gasteiger partial charge in [-0.05, 0) is 27.2 Å². The van der Waals surface area contributed by atoms with Crippen molar-refractivity contribution < 1.29 is 19.3 Å². The second kappa shape index (κ2) is 6.59. The Morgan fingerprint density at radius 1 is 1.57 bits per heavy atom. The molecule has 0 aromatic heterocycles. The van der Waals surface area contributed by atoms with Crippen molar-refractivity contribution in [3.05, 3.63) is 22.5 Å². The molecule has 120 valence electrons.